The minimum absolute atomic E-state index is 0.0823. The van der Waals surface area contributed by atoms with Gasteiger partial charge in [-0.2, -0.15) is 0 Å². The molecule has 0 aliphatic rings. The number of nitrogens with zero attached hydrogens (tertiary/aromatic N) is 1. The smallest absolute Gasteiger partial charge is 0.312 e. The van der Waals surface area contributed by atoms with E-state index in [2.05, 4.69) is 0 Å². The molecule has 0 heterocycles. The van der Waals surface area contributed by atoms with E-state index in [-0.39, 0.29) is 22.4 Å². The quantitative estimate of drug-likeness (QED) is 0.251. The summed E-state index contributed by atoms with van der Waals surface area (Å²) < 4.78 is 5.36. The number of unbranched alkanes of at least 4 members (excludes halogenated alkanes) is 2. The molecule has 1 aromatic carbocycles. The van der Waals surface area contributed by atoms with E-state index >= 15 is 0 Å². The van der Waals surface area contributed by atoms with E-state index in [1.807, 2.05) is 5.43 Å². The molecule has 0 bridgehead atoms. The van der Waals surface area contributed by atoms with Crippen molar-refractivity contribution >= 4 is 23.2 Å². The van der Waals surface area contributed by atoms with E-state index in [0.29, 0.717) is 25.9 Å². The highest BCUT2D eigenvalue weighted by Crippen LogP contribution is 2.34. The van der Waals surface area contributed by atoms with Gasteiger partial charge < -0.3 is 4.74 Å². The molecular formula is C12H16ClN3O4. The number of halogens is 1. The molecule has 110 valence electrons. The lowest BCUT2D eigenvalue weighted by Crippen LogP contribution is -2.29. The van der Waals surface area contributed by atoms with Crippen LogP contribution in [0.3, 0.4) is 0 Å². The average Bonchev–Trinajstić information content (AvgIpc) is 2.43. The Morgan fingerprint density at radius 3 is 2.80 bits per heavy atom. The molecule has 0 radical (unpaired) electrons. The number of benzene rings is 1. The number of hydrogen-bond acceptors (Lipinski definition) is 5. The lowest BCUT2D eigenvalue weighted by molar-refractivity contribution is -0.385. The average molecular weight is 302 g/mol. The fourth-order valence-corrected chi connectivity index (χ4v) is 1.82. The SMILES string of the molecule is NNC(=O)CCCCCOc1c(Cl)cccc1[N+](=O)[O-]. The van der Waals surface area contributed by atoms with Gasteiger partial charge in [0.1, 0.15) is 0 Å². The summed E-state index contributed by atoms with van der Waals surface area (Å²) in [6.07, 6.45) is 2.45. The molecule has 0 unspecified atom stereocenters. The zero-order chi connectivity index (χ0) is 15.0. The largest absolute Gasteiger partial charge is 0.486 e. The summed E-state index contributed by atoms with van der Waals surface area (Å²) in [5, 5.41) is 11.0. The molecule has 1 amide bonds. The molecular weight excluding hydrogens is 286 g/mol. The highest BCUT2D eigenvalue weighted by Gasteiger charge is 2.17. The molecule has 0 atom stereocenters. The second-order valence-electron chi connectivity index (χ2n) is 4.07. The van der Waals surface area contributed by atoms with Crippen molar-refractivity contribution in [1.82, 2.24) is 5.43 Å². The van der Waals surface area contributed by atoms with E-state index in [9.17, 15) is 14.9 Å². The number of rotatable bonds is 8. The lowest BCUT2D eigenvalue weighted by atomic mass is 10.2. The Labute approximate surface area is 121 Å². The molecule has 7 nitrogen and oxygen atoms in total. The third-order valence-corrected chi connectivity index (χ3v) is 2.90. The predicted molar refractivity (Wildman–Crippen MR) is 74.4 cm³/mol. The maximum atomic E-state index is 10.9. The van der Waals surface area contributed by atoms with Crippen molar-refractivity contribution in [3.8, 4) is 5.75 Å². The molecule has 3 N–H and O–H groups in total. The molecule has 0 fully saturated rings. The van der Waals surface area contributed by atoms with Gasteiger partial charge in [-0.25, -0.2) is 5.84 Å². The van der Waals surface area contributed by atoms with Gasteiger partial charge in [-0.05, 0) is 25.3 Å². The Morgan fingerprint density at radius 2 is 2.15 bits per heavy atom. The highest BCUT2D eigenvalue weighted by atomic mass is 35.5. The topological polar surface area (TPSA) is 107 Å². The number of hydrogen-bond donors (Lipinski definition) is 2. The second-order valence-corrected chi connectivity index (χ2v) is 4.48. The number of ether oxygens (including phenoxy) is 1. The summed E-state index contributed by atoms with van der Waals surface area (Å²) in [6, 6.07) is 4.38. The van der Waals surface area contributed by atoms with Gasteiger partial charge in [0.15, 0.2) is 0 Å². The van der Waals surface area contributed by atoms with Crippen LogP contribution in [0.15, 0.2) is 18.2 Å². The molecule has 0 aliphatic carbocycles. The van der Waals surface area contributed by atoms with Crippen LogP contribution >= 0.6 is 11.6 Å². The Hall–Kier alpha value is -1.86. The number of nitro groups is 1. The van der Waals surface area contributed by atoms with Crippen molar-refractivity contribution in [2.75, 3.05) is 6.61 Å². The molecule has 0 aliphatic heterocycles. The molecule has 1 rings (SSSR count). The number of carbonyl (C=O) groups excluding carboxylic acids is 1. The van der Waals surface area contributed by atoms with Crippen LogP contribution in [0.5, 0.6) is 5.75 Å². The van der Waals surface area contributed by atoms with Crippen LogP contribution in [-0.2, 0) is 4.79 Å². The van der Waals surface area contributed by atoms with E-state index in [4.69, 9.17) is 22.2 Å². The Bertz CT molecular complexity index is 482. The normalized spacial score (nSPS) is 10.1. The lowest BCUT2D eigenvalue weighted by Gasteiger charge is -2.08. The van der Waals surface area contributed by atoms with Crippen molar-refractivity contribution in [1.29, 1.82) is 0 Å². The molecule has 20 heavy (non-hydrogen) atoms. The summed E-state index contributed by atoms with van der Waals surface area (Å²) in [4.78, 5) is 21.2. The number of hydrazine groups is 1. The van der Waals surface area contributed by atoms with E-state index in [1.165, 1.54) is 18.2 Å². The van der Waals surface area contributed by atoms with Gasteiger partial charge in [0.25, 0.3) is 0 Å². The van der Waals surface area contributed by atoms with Crippen LogP contribution in [0.2, 0.25) is 5.02 Å². The minimum atomic E-state index is -0.535. The third-order valence-electron chi connectivity index (χ3n) is 2.60. The first kappa shape index (κ1) is 16.2. The van der Waals surface area contributed by atoms with Gasteiger partial charge in [0.2, 0.25) is 11.7 Å². The summed E-state index contributed by atoms with van der Waals surface area (Å²) in [5.41, 5.74) is 1.89. The Kier molecular flexibility index (Phi) is 6.75. The zero-order valence-corrected chi connectivity index (χ0v) is 11.6. The van der Waals surface area contributed by atoms with Crippen molar-refractivity contribution in [2.45, 2.75) is 25.7 Å². The van der Waals surface area contributed by atoms with Gasteiger partial charge in [0.05, 0.1) is 16.6 Å². The molecule has 0 saturated heterocycles. The minimum Gasteiger partial charge on any atom is -0.486 e. The first-order valence-electron chi connectivity index (χ1n) is 6.11. The van der Waals surface area contributed by atoms with Crippen molar-refractivity contribution in [3.63, 3.8) is 0 Å². The Morgan fingerprint density at radius 1 is 1.40 bits per heavy atom. The van der Waals surface area contributed by atoms with Crippen LogP contribution in [0, 0.1) is 10.1 Å². The number of carbonyl (C=O) groups is 1. The fourth-order valence-electron chi connectivity index (χ4n) is 1.59. The van der Waals surface area contributed by atoms with Crippen molar-refractivity contribution in [3.05, 3.63) is 33.3 Å². The van der Waals surface area contributed by atoms with Gasteiger partial charge in [-0.3, -0.25) is 20.3 Å². The molecule has 8 heteroatoms. The van der Waals surface area contributed by atoms with Crippen LogP contribution in [0.25, 0.3) is 0 Å². The van der Waals surface area contributed by atoms with Crippen molar-refractivity contribution < 1.29 is 14.5 Å². The number of nitrogens with one attached hydrogen (secondary N) is 1. The summed E-state index contributed by atoms with van der Waals surface area (Å²) in [5.74, 6) is 4.81. The monoisotopic (exact) mass is 301 g/mol. The van der Waals surface area contributed by atoms with Crippen LogP contribution in [0.4, 0.5) is 5.69 Å². The van der Waals surface area contributed by atoms with Gasteiger partial charge in [-0.1, -0.05) is 17.7 Å². The molecule has 0 saturated carbocycles. The molecule has 0 spiro atoms. The second kappa shape index (κ2) is 8.34. The van der Waals surface area contributed by atoms with Gasteiger partial charge >= 0.3 is 5.69 Å². The van der Waals surface area contributed by atoms with Crippen molar-refractivity contribution in [2.24, 2.45) is 5.84 Å². The number of amides is 1. The maximum absolute atomic E-state index is 10.9. The first-order valence-corrected chi connectivity index (χ1v) is 6.49. The van der Waals surface area contributed by atoms with E-state index in [1.54, 1.807) is 0 Å². The summed E-state index contributed by atoms with van der Waals surface area (Å²) >= 11 is 5.88. The number of para-hydroxylation sites is 1. The maximum Gasteiger partial charge on any atom is 0.312 e. The molecule has 0 aromatic heterocycles. The standard InChI is InChI=1S/C12H16ClN3O4/c13-9-5-4-6-10(16(18)19)12(9)20-8-3-1-2-7-11(17)15-14/h4-6H,1-3,7-8,14H2,(H,15,17). The van der Waals surface area contributed by atoms with Crippen LogP contribution < -0.4 is 16.0 Å². The zero-order valence-electron chi connectivity index (χ0n) is 10.8. The number of nitro benzene ring substituents is 1. The van der Waals surface area contributed by atoms with E-state index < -0.39 is 4.92 Å². The van der Waals surface area contributed by atoms with Crippen LogP contribution in [-0.4, -0.2) is 17.4 Å². The number of nitrogens with two attached hydrogens (primary N) is 1. The van der Waals surface area contributed by atoms with Crippen LogP contribution in [0.1, 0.15) is 25.7 Å². The summed E-state index contributed by atoms with van der Waals surface area (Å²) in [6.45, 7) is 0.300. The summed E-state index contributed by atoms with van der Waals surface area (Å²) in [7, 11) is 0. The van der Waals surface area contributed by atoms with Gasteiger partial charge in [-0.15, -0.1) is 0 Å². The predicted octanol–water partition coefficient (Wildman–Crippen LogP) is 2.18. The van der Waals surface area contributed by atoms with E-state index in [0.717, 1.165) is 6.42 Å². The Balaban J connectivity index is 2.39. The molecule has 1 aromatic rings. The highest BCUT2D eigenvalue weighted by molar-refractivity contribution is 6.32. The fraction of sp³-hybridized carbons (Fsp3) is 0.417. The third kappa shape index (κ3) is 5.02. The van der Waals surface area contributed by atoms with Gasteiger partial charge in [0, 0.05) is 12.5 Å². The first-order chi connectivity index (χ1) is 9.56.